The fourth-order valence-electron chi connectivity index (χ4n) is 2.24. The molecular formula is C17H16O4. The Morgan fingerprint density at radius 3 is 2.48 bits per heavy atom. The predicted molar refractivity (Wildman–Crippen MR) is 78.2 cm³/mol. The predicted octanol–water partition coefficient (Wildman–Crippen LogP) is 3.24. The largest absolute Gasteiger partial charge is 0.485 e. The molecule has 1 aliphatic heterocycles. The van der Waals surface area contributed by atoms with Crippen molar-refractivity contribution in [3.8, 4) is 17.2 Å². The van der Waals surface area contributed by atoms with E-state index in [1.807, 2.05) is 30.3 Å². The van der Waals surface area contributed by atoms with Crippen molar-refractivity contribution in [3.63, 3.8) is 0 Å². The normalized spacial score (nSPS) is 12.8. The summed E-state index contributed by atoms with van der Waals surface area (Å²) in [6, 6.07) is 13.4. The molecule has 4 heteroatoms. The molecule has 108 valence electrons. The number of hydrogen-bond donors (Lipinski definition) is 0. The molecule has 0 fully saturated rings. The minimum atomic E-state index is -0.0497. The Balaban J connectivity index is 1.87. The van der Waals surface area contributed by atoms with Gasteiger partial charge in [-0.15, -0.1) is 0 Å². The van der Waals surface area contributed by atoms with Gasteiger partial charge in [0.25, 0.3) is 0 Å². The van der Waals surface area contributed by atoms with Crippen LogP contribution in [0.4, 0.5) is 0 Å². The lowest BCUT2D eigenvalue weighted by Gasteiger charge is -2.22. The summed E-state index contributed by atoms with van der Waals surface area (Å²) in [4.78, 5) is 11.6. The van der Waals surface area contributed by atoms with Crippen LogP contribution in [0.2, 0.25) is 0 Å². The third-order valence-corrected chi connectivity index (χ3v) is 3.27. The molecule has 0 saturated carbocycles. The van der Waals surface area contributed by atoms with Crippen molar-refractivity contribution in [2.24, 2.45) is 0 Å². The van der Waals surface area contributed by atoms with Crippen molar-refractivity contribution in [1.29, 1.82) is 0 Å². The van der Waals surface area contributed by atoms with Crippen LogP contribution in [0.1, 0.15) is 22.8 Å². The average molecular weight is 284 g/mol. The summed E-state index contributed by atoms with van der Waals surface area (Å²) in [6.07, 6.45) is 0. The third kappa shape index (κ3) is 2.84. The number of rotatable bonds is 4. The van der Waals surface area contributed by atoms with E-state index < -0.39 is 0 Å². The van der Waals surface area contributed by atoms with E-state index >= 15 is 0 Å². The Kier molecular flexibility index (Phi) is 3.77. The van der Waals surface area contributed by atoms with E-state index in [-0.39, 0.29) is 5.78 Å². The second kappa shape index (κ2) is 5.87. The maximum atomic E-state index is 11.6. The van der Waals surface area contributed by atoms with Crippen LogP contribution in [0.5, 0.6) is 17.2 Å². The highest BCUT2D eigenvalue weighted by atomic mass is 16.6. The first kappa shape index (κ1) is 13.5. The minimum Gasteiger partial charge on any atom is -0.485 e. The molecule has 2 aromatic carbocycles. The van der Waals surface area contributed by atoms with Crippen LogP contribution >= 0.6 is 0 Å². The molecular weight excluding hydrogens is 268 g/mol. The summed E-state index contributed by atoms with van der Waals surface area (Å²) < 4.78 is 17.0. The van der Waals surface area contributed by atoms with Gasteiger partial charge in [0.1, 0.15) is 19.8 Å². The van der Waals surface area contributed by atoms with Crippen LogP contribution in [0.3, 0.4) is 0 Å². The second-order valence-corrected chi connectivity index (χ2v) is 4.80. The van der Waals surface area contributed by atoms with Crippen LogP contribution in [0, 0.1) is 0 Å². The van der Waals surface area contributed by atoms with Crippen LogP contribution in [0.15, 0.2) is 42.5 Å². The third-order valence-electron chi connectivity index (χ3n) is 3.27. The summed E-state index contributed by atoms with van der Waals surface area (Å²) in [6.45, 7) is 2.85. The van der Waals surface area contributed by atoms with Gasteiger partial charge in [-0.3, -0.25) is 4.79 Å². The number of ketones is 1. The van der Waals surface area contributed by atoms with Crippen molar-refractivity contribution < 1.29 is 19.0 Å². The van der Waals surface area contributed by atoms with Crippen molar-refractivity contribution in [2.45, 2.75) is 13.5 Å². The molecule has 0 atom stereocenters. The fourth-order valence-corrected chi connectivity index (χ4v) is 2.24. The molecule has 1 aliphatic rings. The molecule has 1 heterocycles. The first-order valence-electron chi connectivity index (χ1n) is 6.86. The molecule has 0 amide bonds. The average Bonchev–Trinajstić information content (AvgIpc) is 2.53. The van der Waals surface area contributed by atoms with Gasteiger partial charge in [0, 0.05) is 0 Å². The molecule has 21 heavy (non-hydrogen) atoms. The summed E-state index contributed by atoms with van der Waals surface area (Å²) in [7, 11) is 0. The van der Waals surface area contributed by atoms with E-state index in [1.54, 1.807) is 12.1 Å². The van der Waals surface area contributed by atoms with Crippen molar-refractivity contribution >= 4 is 5.78 Å². The smallest absolute Gasteiger partial charge is 0.204 e. The van der Waals surface area contributed by atoms with Gasteiger partial charge in [-0.25, -0.2) is 0 Å². The quantitative estimate of drug-likeness (QED) is 0.808. The van der Waals surface area contributed by atoms with E-state index in [4.69, 9.17) is 14.2 Å². The van der Waals surface area contributed by atoms with Gasteiger partial charge < -0.3 is 14.2 Å². The van der Waals surface area contributed by atoms with Crippen molar-refractivity contribution in [3.05, 3.63) is 53.6 Å². The number of carbonyl (C=O) groups excluding carboxylic acids is 1. The first-order valence-corrected chi connectivity index (χ1v) is 6.86. The van der Waals surface area contributed by atoms with E-state index in [9.17, 15) is 4.79 Å². The highest BCUT2D eigenvalue weighted by Gasteiger charge is 2.23. The minimum absolute atomic E-state index is 0.0497. The molecule has 0 bridgehead atoms. The molecule has 0 unspecified atom stereocenters. The molecule has 4 nitrogen and oxygen atoms in total. The number of ether oxygens (including phenoxy) is 3. The van der Waals surface area contributed by atoms with Crippen LogP contribution in [0.25, 0.3) is 0 Å². The van der Waals surface area contributed by atoms with E-state index in [0.717, 1.165) is 5.56 Å². The number of fused-ring (bicyclic) bond motifs is 1. The Morgan fingerprint density at radius 1 is 1.05 bits per heavy atom. The standard InChI is InChI=1S/C17H16O4/c1-12(18)14-7-8-15(17-16(14)19-9-10-20-17)21-11-13-5-3-2-4-6-13/h2-8H,9-11H2,1H3. The van der Waals surface area contributed by atoms with Gasteiger partial charge in [0.2, 0.25) is 5.75 Å². The summed E-state index contributed by atoms with van der Waals surface area (Å²) in [5.41, 5.74) is 1.59. The Bertz CT molecular complexity index is 649. The highest BCUT2D eigenvalue weighted by molar-refractivity contribution is 5.98. The SMILES string of the molecule is CC(=O)c1ccc(OCc2ccccc2)c2c1OCCO2. The Hall–Kier alpha value is -2.49. The highest BCUT2D eigenvalue weighted by Crippen LogP contribution is 2.42. The monoisotopic (exact) mass is 284 g/mol. The van der Waals surface area contributed by atoms with Gasteiger partial charge >= 0.3 is 0 Å². The molecule has 0 spiro atoms. The van der Waals surface area contributed by atoms with Crippen LogP contribution < -0.4 is 14.2 Å². The molecule has 2 aromatic rings. The fraction of sp³-hybridized carbons (Fsp3) is 0.235. The van der Waals surface area contributed by atoms with E-state index in [1.165, 1.54) is 6.92 Å². The lowest BCUT2D eigenvalue weighted by molar-refractivity contribution is 0.100. The first-order chi connectivity index (χ1) is 10.3. The number of Topliss-reactive ketones (excluding diaryl/α,β-unsaturated/α-hetero) is 1. The summed E-state index contributed by atoms with van der Waals surface area (Å²) in [5, 5.41) is 0. The zero-order valence-electron chi connectivity index (χ0n) is 11.8. The van der Waals surface area contributed by atoms with Gasteiger partial charge in [-0.1, -0.05) is 30.3 Å². The van der Waals surface area contributed by atoms with Gasteiger partial charge in [0.15, 0.2) is 17.3 Å². The zero-order valence-corrected chi connectivity index (χ0v) is 11.8. The Labute approximate surface area is 123 Å². The van der Waals surface area contributed by atoms with Gasteiger partial charge in [0.05, 0.1) is 5.56 Å². The van der Waals surface area contributed by atoms with Crippen molar-refractivity contribution in [1.82, 2.24) is 0 Å². The molecule has 0 N–H and O–H groups in total. The molecule has 3 rings (SSSR count). The molecule has 0 aliphatic carbocycles. The molecule has 0 aromatic heterocycles. The number of carbonyl (C=O) groups is 1. The number of hydrogen-bond acceptors (Lipinski definition) is 4. The van der Waals surface area contributed by atoms with Gasteiger partial charge in [-0.2, -0.15) is 0 Å². The lowest BCUT2D eigenvalue weighted by Crippen LogP contribution is -2.18. The van der Waals surface area contributed by atoms with E-state index in [0.29, 0.717) is 42.6 Å². The van der Waals surface area contributed by atoms with Crippen LogP contribution in [-0.4, -0.2) is 19.0 Å². The molecule has 0 radical (unpaired) electrons. The molecule has 0 saturated heterocycles. The zero-order chi connectivity index (χ0) is 14.7. The van der Waals surface area contributed by atoms with Crippen molar-refractivity contribution in [2.75, 3.05) is 13.2 Å². The summed E-state index contributed by atoms with van der Waals surface area (Å²) in [5.74, 6) is 1.55. The maximum Gasteiger partial charge on any atom is 0.204 e. The maximum absolute atomic E-state index is 11.6. The lowest BCUT2D eigenvalue weighted by atomic mass is 10.1. The van der Waals surface area contributed by atoms with Crippen LogP contribution in [-0.2, 0) is 6.61 Å². The Morgan fingerprint density at radius 2 is 1.76 bits per heavy atom. The van der Waals surface area contributed by atoms with E-state index in [2.05, 4.69) is 0 Å². The number of benzene rings is 2. The second-order valence-electron chi connectivity index (χ2n) is 4.80. The summed E-state index contributed by atoms with van der Waals surface area (Å²) >= 11 is 0. The topological polar surface area (TPSA) is 44.8 Å². The van der Waals surface area contributed by atoms with Gasteiger partial charge in [-0.05, 0) is 24.6 Å².